The second-order valence-electron chi connectivity index (χ2n) is 7.31. The molecule has 152 valence electrons. The summed E-state index contributed by atoms with van der Waals surface area (Å²) in [7, 11) is 1.68. The molecule has 0 fully saturated rings. The van der Waals surface area contributed by atoms with Crippen molar-refractivity contribution in [1.82, 2.24) is 9.97 Å². The fraction of sp³-hybridized carbons (Fsp3) is 0.0714. The van der Waals surface area contributed by atoms with Crippen molar-refractivity contribution in [2.75, 3.05) is 7.11 Å². The second kappa shape index (κ2) is 9.68. The molecule has 0 spiro atoms. The fourth-order valence-corrected chi connectivity index (χ4v) is 3.29. The molecule has 0 bridgehead atoms. The van der Waals surface area contributed by atoms with Crippen molar-refractivity contribution in [3.05, 3.63) is 113 Å². The van der Waals surface area contributed by atoms with Gasteiger partial charge in [-0.2, -0.15) is 0 Å². The lowest BCUT2D eigenvalue weighted by atomic mass is 10.1. The number of hydrogen-bond donors (Lipinski definition) is 0. The second-order valence-corrected chi connectivity index (χ2v) is 7.31. The summed E-state index contributed by atoms with van der Waals surface area (Å²) in [5.74, 6) is 0.845. The van der Waals surface area contributed by atoms with E-state index < -0.39 is 0 Å². The molecule has 0 unspecified atom stereocenters. The van der Waals surface area contributed by atoms with Crippen molar-refractivity contribution in [2.24, 2.45) is 0 Å². The zero-order valence-electron chi connectivity index (χ0n) is 17.7. The number of benzene rings is 2. The fourth-order valence-electron chi connectivity index (χ4n) is 3.29. The van der Waals surface area contributed by atoms with Gasteiger partial charge in [0.1, 0.15) is 5.75 Å². The number of hydrogen-bond acceptors (Lipinski definition) is 3. The summed E-state index contributed by atoms with van der Waals surface area (Å²) in [5.41, 5.74) is 7.36. The minimum Gasteiger partial charge on any atom is -0.497 e. The third-order valence-electron chi connectivity index (χ3n) is 4.90. The maximum Gasteiger partial charge on any atom is 0.119 e. The van der Waals surface area contributed by atoms with Crippen LogP contribution in [0.25, 0.3) is 35.7 Å². The summed E-state index contributed by atoms with van der Waals surface area (Å²) < 4.78 is 5.29. The number of ether oxygens (including phenoxy) is 1. The van der Waals surface area contributed by atoms with Crippen LogP contribution in [0, 0.1) is 6.92 Å². The molecule has 0 N–H and O–H groups in total. The van der Waals surface area contributed by atoms with E-state index in [1.807, 2.05) is 54.9 Å². The monoisotopic (exact) mass is 404 g/mol. The molecule has 0 saturated heterocycles. The predicted molar refractivity (Wildman–Crippen MR) is 129 cm³/mol. The van der Waals surface area contributed by atoms with Gasteiger partial charge in [0.2, 0.25) is 0 Å². The first-order chi connectivity index (χ1) is 15.2. The molecule has 3 nitrogen and oxygen atoms in total. The van der Waals surface area contributed by atoms with Gasteiger partial charge in [0.05, 0.1) is 18.5 Å². The molecule has 0 atom stereocenters. The van der Waals surface area contributed by atoms with Crippen LogP contribution in [0.2, 0.25) is 0 Å². The first-order valence-corrected chi connectivity index (χ1v) is 10.2. The van der Waals surface area contributed by atoms with E-state index in [9.17, 15) is 0 Å². The molecule has 0 radical (unpaired) electrons. The third kappa shape index (κ3) is 5.55. The van der Waals surface area contributed by atoms with Crippen molar-refractivity contribution >= 4 is 24.3 Å². The summed E-state index contributed by atoms with van der Waals surface area (Å²) in [6.45, 7) is 2.10. The first-order valence-electron chi connectivity index (χ1n) is 10.2. The van der Waals surface area contributed by atoms with Gasteiger partial charge in [-0.15, -0.1) is 0 Å². The van der Waals surface area contributed by atoms with Gasteiger partial charge in [-0.1, -0.05) is 66.3 Å². The minimum atomic E-state index is 0.845. The van der Waals surface area contributed by atoms with Gasteiger partial charge in [-0.05, 0) is 65.6 Å². The van der Waals surface area contributed by atoms with Crippen LogP contribution in [0.1, 0.15) is 27.8 Å². The number of pyridine rings is 2. The summed E-state index contributed by atoms with van der Waals surface area (Å²) in [4.78, 5) is 9.05. The average molecular weight is 405 g/mol. The molecule has 0 saturated carbocycles. The van der Waals surface area contributed by atoms with E-state index in [4.69, 9.17) is 4.74 Å². The Morgan fingerprint density at radius 1 is 0.613 bits per heavy atom. The maximum absolute atomic E-state index is 5.29. The van der Waals surface area contributed by atoms with E-state index in [0.29, 0.717) is 0 Å². The molecular weight excluding hydrogens is 380 g/mol. The van der Waals surface area contributed by atoms with Gasteiger partial charge in [0.15, 0.2) is 0 Å². The summed E-state index contributed by atoms with van der Waals surface area (Å²) >= 11 is 0. The van der Waals surface area contributed by atoms with Gasteiger partial charge in [0.25, 0.3) is 0 Å². The Bertz CT molecular complexity index is 1240. The highest BCUT2D eigenvalue weighted by Crippen LogP contribution is 2.20. The zero-order chi connectivity index (χ0) is 21.5. The van der Waals surface area contributed by atoms with Gasteiger partial charge < -0.3 is 4.74 Å². The lowest BCUT2D eigenvalue weighted by Gasteiger charge is -2.03. The molecule has 2 aromatic carbocycles. The van der Waals surface area contributed by atoms with Crippen molar-refractivity contribution in [2.45, 2.75) is 6.92 Å². The highest BCUT2D eigenvalue weighted by molar-refractivity contribution is 5.74. The average Bonchev–Trinajstić information content (AvgIpc) is 2.82. The van der Waals surface area contributed by atoms with Crippen LogP contribution in [0.5, 0.6) is 5.75 Å². The highest BCUT2D eigenvalue weighted by atomic mass is 16.5. The van der Waals surface area contributed by atoms with Crippen LogP contribution in [0.4, 0.5) is 0 Å². The number of nitrogens with zero attached hydrogens (tertiary/aromatic N) is 2. The number of methoxy groups -OCH3 is 1. The molecule has 2 aromatic heterocycles. The van der Waals surface area contributed by atoms with E-state index in [1.165, 1.54) is 11.1 Å². The maximum atomic E-state index is 5.29. The zero-order valence-corrected chi connectivity index (χ0v) is 17.7. The van der Waals surface area contributed by atoms with E-state index in [-0.39, 0.29) is 0 Å². The molecule has 0 aliphatic heterocycles. The Balaban J connectivity index is 1.55. The standard InChI is InChI=1S/C28H24N2O/c1-21-5-3-6-22(17-21)9-11-24-13-15-29-27(19-24)28-20-25(14-16-30-28)12-10-23-7-4-8-26(18-23)31-2/h3-20H,1-2H3/b11-9+,12-10+. The number of aromatic nitrogens is 2. The Labute approximate surface area is 183 Å². The Morgan fingerprint density at radius 2 is 1.13 bits per heavy atom. The third-order valence-corrected chi connectivity index (χ3v) is 4.90. The molecule has 0 aliphatic rings. The largest absolute Gasteiger partial charge is 0.497 e. The smallest absolute Gasteiger partial charge is 0.119 e. The Kier molecular flexibility index (Phi) is 6.34. The summed E-state index contributed by atoms with van der Waals surface area (Å²) in [6, 6.07) is 24.5. The Hall–Kier alpha value is -3.98. The molecule has 0 amide bonds. The van der Waals surface area contributed by atoms with Gasteiger partial charge in [-0.3, -0.25) is 9.97 Å². The first kappa shape index (κ1) is 20.3. The van der Waals surface area contributed by atoms with Crippen molar-refractivity contribution < 1.29 is 4.74 Å². The SMILES string of the molecule is COc1cccc(/C=C/c2ccnc(-c3cc(/C=C/c4cccc(C)c4)ccn3)c2)c1. The molecule has 3 heteroatoms. The van der Waals surface area contributed by atoms with E-state index in [1.54, 1.807) is 7.11 Å². The molecule has 0 aliphatic carbocycles. The highest BCUT2D eigenvalue weighted by Gasteiger charge is 2.02. The lowest BCUT2D eigenvalue weighted by molar-refractivity contribution is 0.414. The molecule has 4 rings (SSSR count). The van der Waals surface area contributed by atoms with Crippen molar-refractivity contribution in [1.29, 1.82) is 0 Å². The lowest BCUT2D eigenvalue weighted by Crippen LogP contribution is -1.89. The van der Waals surface area contributed by atoms with Crippen LogP contribution in [0.15, 0.2) is 85.2 Å². The summed E-state index contributed by atoms with van der Waals surface area (Å²) in [5, 5.41) is 0. The predicted octanol–water partition coefficient (Wildman–Crippen LogP) is 6.80. The molecule has 2 heterocycles. The van der Waals surface area contributed by atoms with E-state index in [2.05, 4.69) is 71.5 Å². The van der Waals surface area contributed by atoms with Crippen molar-refractivity contribution in [3.8, 4) is 17.1 Å². The van der Waals surface area contributed by atoms with Crippen LogP contribution in [0.3, 0.4) is 0 Å². The molecular formula is C28H24N2O. The normalized spacial score (nSPS) is 11.3. The van der Waals surface area contributed by atoms with Crippen LogP contribution >= 0.6 is 0 Å². The number of rotatable bonds is 6. The van der Waals surface area contributed by atoms with Gasteiger partial charge in [0, 0.05) is 12.4 Å². The quantitative estimate of drug-likeness (QED) is 0.354. The topological polar surface area (TPSA) is 35.0 Å². The molecule has 4 aromatic rings. The van der Waals surface area contributed by atoms with Crippen LogP contribution in [-0.2, 0) is 0 Å². The van der Waals surface area contributed by atoms with E-state index >= 15 is 0 Å². The van der Waals surface area contributed by atoms with Gasteiger partial charge in [-0.25, -0.2) is 0 Å². The van der Waals surface area contributed by atoms with E-state index in [0.717, 1.165) is 33.8 Å². The van der Waals surface area contributed by atoms with Crippen LogP contribution < -0.4 is 4.74 Å². The minimum absolute atomic E-state index is 0.845. The van der Waals surface area contributed by atoms with Crippen LogP contribution in [-0.4, -0.2) is 17.1 Å². The number of aryl methyl sites for hydroxylation is 1. The summed E-state index contributed by atoms with van der Waals surface area (Å²) in [6.07, 6.45) is 12.0. The Morgan fingerprint density at radius 3 is 1.68 bits per heavy atom. The molecule has 31 heavy (non-hydrogen) atoms. The van der Waals surface area contributed by atoms with Crippen molar-refractivity contribution in [3.63, 3.8) is 0 Å². The van der Waals surface area contributed by atoms with Gasteiger partial charge >= 0.3 is 0 Å².